The van der Waals surface area contributed by atoms with Gasteiger partial charge in [-0.25, -0.2) is 4.98 Å². The van der Waals surface area contributed by atoms with E-state index in [1.54, 1.807) is 24.7 Å². The van der Waals surface area contributed by atoms with E-state index in [9.17, 15) is 0 Å². The number of thiazole rings is 1. The van der Waals surface area contributed by atoms with Crippen molar-refractivity contribution in [3.05, 3.63) is 78.4 Å². The SMILES string of the molecule is COc1ccc(OCCCOc2cccc(/C=N\Nc3nc4ccccc4s3)c2)cc1. The van der Waals surface area contributed by atoms with Crippen molar-refractivity contribution in [2.24, 2.45) is 5.10 Å². The summed E-state index contributed by atoms with van der Waals surface area (Å²) in [6.07, 6.45) is 2.54. The zero-order chi connectivity index (χ0) is 21.3. The normalized spacial score (nSPS) is 11.0. The molecule has 4 rings (SSSR count). The Morgan fingerprint density at radius 1 is 0.903 bits per heavy atom. The molecule has 7 heteroatoms. The van der Waals surface area contributed by atoms with Crippen LogP contribution in [0.5, 0.6) is 17.2 Å². The van der Waals surface area contributed by atoms with Crippen LogP contribution in [0.15, 0.2) is 77.9 Å². The highest BCUT2D eigenvalue weighted by molar-refractivity contribution is 7.22. The zero-order valence-corrected chi connectivity index (χ0v) is 18.0. The molecule has 0 saturated carbocycles. The summed E-state index contributed by atoms with van der Waals surface area (Å²) in [7, 11) is 1.65. The summed E-state index contributed by atoms with van der Waals surface area (Å²) in [5.41, 5.74) is 4.91. The van der Waals surface area contributed by atoms with Gasteiger partial charge in [0.25, 0.3) is 0 Å². The molecule has 31 heavy (non-hydrogen) atoms. The smallest absolute Gasteiger partial charge is 0.204 e. The molecule has 6 nitrogen and oxygen atoms in total. The van der Waals surface area contributed by atoms with Crippen LogP contribution in [0.4, 0.5) is 5.13 Å². The lowest BCUT2D eigenvalue weighted by Crippen LogP contribution is -2.05. The number of benzene rings is 3. The van der Waals surface area contributed by atoms with Crippen molar-refractivity contribution >= 4 is 32.9 Å². The summed E-state index contributed by atoms with van der Waals surface area (Å²) in [4.78, 5) is 4.50. The second-order valence-electron chi connectivity index (χ2n) is 6.66. The Morgan fingerprint density at radius 3 is 2.48 bits per heavy atom. The van der Waals surface area contributed by atoms with Gasteiger partial charge in [-0.2, -0.15) is 5.10 Å². The van der Waals surface area contributed by atoms with Crippen LogP contribution in [-0.2, 0) is 0 Å². The Labute approximate surface area is 185 Å². The van der Waals surface area contributed by atoms with Crippen LogP contribution in [0.3, 0.4) is 0 Å². The maximum Gasteiger partial charge on any atom is 0.204 e. The van der Waals surface area contributed by atoms with Crippen LogP contribution in [0.1, 0.15) is 12.0 Å². The van der Waals surface area contributed by atoms with Crippen molar-refractivity contribution in [1.29, 1.82) is 0 Å². The van der Waals surface area contributed by atoms with E-state index >= 15 is 0 Å². The van der Waals surface area contributed by atoms with Crippen LogP contribution < -0.4 is 19.6 Å². The molecule has 1 aromatic heterocycles. The minimum absolute atomic E-state index is 0.570. The van der Waals surface area contributed by atoms with Crippen LogP contribution in [0, 0.1) is 0 Å². The molecule has 1 heterocycles. The first kappa shape index (κ1) is 20.7. The monoisotopic (exact) mass is 433 g/mol. The predicted molar refractivity (Wildman–Crippen MR) is 126 cm³/mol. The molecule has 0 spiro atoms. The van der Waals surface area contributed by atoms with Gasteiger partial charge in [-0.3, -0.25) is 5.43 Å². The summed E-state index contributed by atoms with van der Waals surface area (Å²) >= 11 is 1.57. The maximum atomic E-state index is 5.83. The Kier molecular flexibility index (Phi) is 6.97. The number of nitrogens with zero attached hydrogens (tertiary/aromatic N) is 2. The average Bonchev–Trinajstić information content (AvgIpc) is 3.22. The van der Waals surface area contributed by atoms with E-state index < -0.39 is 0 Å². The lowest BCUT2D eigenvalue weighted by molar-refractivity contribution is 0.247. The molecule has 0 saturated heterocycles. The highest BCUT2D eigenvalue weighted by Gasteiger charge is 2.01. The number of rotatable bonds is 10. The number of hydrazone groups is 1. The van der Waals surface area contributed by atoms with Gasteiger partial charge in [0.1, 0.15) is 17.2 Å². The molecular formula is C24H23N3O3S. The van der Waals surface area contributed by atoms with E-state index in [1.807, 2.05) is 72.8 Å². The molecule has 3 aromatic carbocycles. The van der Waals surface area contributed by atoms with E-state index in [0.29, 0.717) is 13.2 Å². The molecule has 0 aliphatic carbocycles. The number of para-hydroxylation sites is 1. The average molecular weight is 434 g/mol. The number of hydrogen-bond donors (Lipinski definition) is 1. The topological polar surface area (TPSA) is 65.0 Å². The first-order valence-corrected chi connectivity index (χ1v) is 10.8. The van der Waals surface area contributed by atoms with Crippen LogP contribution in [0.2, 0.25) is 0 Å². The maximum absolute atomic E-state index is 5.83. The van der Waals surface area contributed by atoms with Crippen molar-refractivity contribution in [1.82, 2.24) is 4.98 Å². The number of fused-ring (bicyclic) bond motifs is 1. The van der Waals surface area contributed by atoms with Gasteiger partial charge in [0, 0.05) is 6.42 Å². The Bertz CT molecular complexity index is 1110. The molecule has 0 unspecified atom stereocenters. The van der Waals surface area contributed by atoms with Crippen molar-refractivity contribution in [2.75, 3.05) is 25.7 Å². The lowest BCUT2D eigenvalue weighted by atomic mass is 10.2. The fourth-order valence-electron chi connectivity index (χ4n) is 2.88. The predicted octanol–water partition coefficient (Wildman–Crippen LogP) is 5.60. The summed E-state index contributed by atoms with van der Waals surface area (Å²) in [5, 5.41) is 5.06. The second-order valence-corrected chi connectivity index (χ2v) is 7.69. The van der Waals surface area contributed by atoms with Gasteiger partial charge in [-0.1, -0.05) is 35.6 Å². The first-order valence-electron chi connectivity index (χ1n) is 9.94. The molecule has 0 aliphatic rings. The minimum atomic E-state index is 0.570. The number of aromatic nitrogens is 1. The quantitative estimate of drug-likeness (QED) is 0.200. The molecule has 158 valence electrons. The summed E-state index contributed by atoms with van der Waals surface area (Å²) in [6, 6.07) is 23.4. The number of nitrogens with one attached hydrogen (secondary N) is 1. The Balaban J connectivity index is 1.21. The zero-order valence-electron chi connectivity index (χ0n) is 17.2. The van der Waals surface area contributed by atoms with Gasteiger partial charge in [0.15, 0.2) is 0 Å². The number of hydrogen-bond acceptors (Lipinski definition) is 7. The molecule has 0 bridgehead atoms. The van der Waals surface area contributed by atoms with Gasteiger partial charge < -0.3 is 14.2 Å². The number of methoxy groups -OCH3 is 1. The summed E-state index contributed by atoms with van der Waals surface area (Å²) < 4.78 is 17.8. The third-order valence-electron chi connectivity index (χ3n) is 4.41. The van der Waals surface area contributed by atoms with E-state index in [0.717, 1.165) is 44.6 Å². The third-order valence-corrected chi connectivity index (χ3v) is 5.35. The van der Waals surface area contributed by atoms with Crippen molar-refractivity contribution < 1.29 is 14.2 Å². The Hall–Kier alpha value is -3.58. The van der Waals surface area contributed by atoms with Crippen LogP contribution in [0.25, 0.3) is 10.2 Å². The molecular weight excluding hydrogens is 410 g/mol. The summed E-state index contributed by atoms with van der Waals surface area (Å²) in [5.74, 6) is 2.43. The van der Waals surface area contributed by atoms with E-state index in [2.05, 4.69) is 15.5 Å². The van der Waals surface area contributed by atoms with E-state index in [1.165, 1.54) is 0 Å². The number of anilines is 1. The fraction of sp³-hybridized carbons (Fsp3) is 0.167. The summed E-state index contributed by atoms with van der Waals surface area (Å²) in [6.45, 7) is 1.15. The molecule has 1 N–H and O–H groups in total. The first-order chi connectivity index (χ1) is 15.3. The molecule has 0 amide bonds. The van der Waals surface area contributed by atoms with Gasteiger partial charge in [0.2, 0.25) is 5.13 Å². The highest BCUT2D eigenvalue weighted by atomic mass is 32.1. The second kappa shape index (κ2) is 10.4. The van der Waals surface area contributed by atoms with Crippen LogP contribution >= 0.6 is 11.3 Å². The standard InChI is InChI=1S/C24H23N3O3S/c1-28-19-10-12-20(13-11-19)29-14-5-15-30-21-7-4-6-18(16-21)17-25-27-24-26-22-8-2-3-9-23(22)31-24/h2-4,6-13,16-17H,5,14-15H2,1H3,(H,26,27)/b25-17-. The fourth-order valence-corrected chi connectivity index (χ4v) is 3.69. The van der Waals surface area contributed by atoms with Gasteiger partial charge in [-0.05, 0) is 54.1 Å². The van der Waals surface area contributed by atoms with Gasteiger partial charge in [-0.15, -0.1) is 0 Å². The van der Waals surface area contributed by atoms with Gasteiger partial charge in [0.05, 0.1) is 36.8 Å². The van der Waals surface area contributed by atoms with Crippen LogP contribution in [-0.4, -0.2) is 31.5 Å². The third kappa shape index (κ3) is 5.96. The largest absolute Gasteiger partial charge is 0.497 e. The van der Waals surface area contributed by atoms with E-state index in [4.69, 9.17) is 14.2 Å². The molecule has 0 atom stereocenters. The number of ether oxygens (including phenoxy) is 3. The molecule has 0 aliphatic heterocycles. The molecule has 0 radical (unpaired) electrons. The van der Waals surface area contributed by atoms with Gasteiger partial charge >= 0.3 is 0 Å². The van der Waals surface area contributed by atoms with E-state index in [-0.39, 0.29) is 0 Å². The Morgan fingerprint density at radius 2 is 1.68 bits per heavy atom. The minimum Gasteiger partial charge on any atom is -0.497 e. The lowest BCUT2D eigenvalue weighted by Gasteiger charge is -2.09. The molecule has 4 aromatic rings. The van der Waals surface area contributed by atoms with Crippen molar-refractivity contribution in [2.45, 2.75) is 6.42 Å². The van der Waals surface area contributed by atoms with Crippen molar-refractivity contribution in [3.63, 3.8) is 0 Å². The van der Waals surface area contributed by atoms with Crippen molar-refractivity contribution in [3.8, 4) is 17.2 Å². The highest BCUT2D eigenvalue weighted by Crippen LogP contribution is 2.25. The molecule has 0 fully saturated rings.